The molecule has 0 aliphatic rings. The Hall–Kier alpha value is -2.73. The summed E-state index contributed by atoms with van der Waals surface area (Å²) in [6.07, 6.45) is 4.75. The molecule has 25 heavy (non-hydrogen) atoms. The maximum absolute atomic E-state index is 12.4. The first-order valence-electron chi connectivity index (χ1n) is 7.77. The molecule has 0 aliphatic carbocycles. The Balaban J connectivity index is 2.02. The van der Waals surface area contributed by atoms with Crippen LogP contribution in [0.2, 0.25) is 5.02 Å². The molecule has 0 bridgehead atoms. The first-order valence-corrected chi connectivity index (χ1v) is 8.15. The number of benzene rings is 1. The molecule has 0 aliphatic heterocycles. The standard InChI is InChI=1S/C18H19ClN4O2/c1-12(2)16(22-17(24)14-7-3-4-8-15(14)19)18(25)23-21-11-13-6-5-9-20-10-13/h3-12,16H,1-2H3,(H,22,24)(H,23,25). The number of halogens is 1. The highest BCUT2D eigenvalue weighted by molar-refractivity contribution is 6.33. The Morgan fingerprint density at radius 1 is 1.20 bits per heavy atom. The van der Waals surface area contributed by atoms with Gasteiger partial charge in [-0.15, -0.1) is 0 Å². The maximum Gasteiger partial charge on any atom is 0.262 e. The summed E-state index contributed by atoms with van der Waals surface area (Å²) >= 11 is 6.02. The first kappa shape index (κ1) is 18.6. The average molecular weight is 359 g/mol. The largest absolute Gasteiger partial charge is 0.340 e. The predicted octanol–water partition coefficient (Wildman–Crippen LogP) is 2.64. The molecule has 0 fully saturated rings. The van der Waals surface area contributed by atoms with Crippen LogP contribution < -0.4 is 10.7 Å². The molecular formula is C18H19ClN4O2. The Morgan fingerprint density at radius 2 is 1.96 bits per heavy atom. The first-order chi connectivity index (χ1) is 12.0. The molecule has 1 aromatic heterocycles. The van der Waals surface area contributed by atoms with Crippen LogP contribution in [0.4, 0.5) is 0 Å². The summed E-state index contributed by atoms with van der Waals surface area (Å²) in [5.41, 5.74) is 3.51. The molecule has 6 nitrogen and oxygen atoms in total. The molecule has 2 N–H and O–H groups in total. The quantitative estimate of drug-likeness (QED) is 0.615. The molecule has 0 radical (unpaired) electrons. The third-order valence-electron chi connectivity index (χ3n) is 3.43. The van der Waals surface area contributed by atoms with Gasteiger partial charge >= 0.3 is 0 Å². The topological polar surface area (TPSA) is 83.5 Å². The third kappa shape index (κ3) is 5.39. The lowest BCUT2D eigenvalue weighted by Crippen LogP contribution is -2.48. The van der Waals surface area contributed by atoms with Crippen LogP contribution in [0.1, 0.15) is 29.8 Å². The van der Waals surface area contributed by atoms with Gasteiger partial charge in [0.25, 0.3) is 11.8 Å². The van der Waals surface area contributed by atoms with Crippen LogP contribution >= 0.6 is 11.6 Å². The number of rotatable bonds is 6. The Labute approximate surface area is 151 Å². The van der Waals surface area contributed by atoms with Crippen molar-refractivity contribution in [2.75, 3.05) is 0 Å². The van der Waals surface area contributed by atoms with E-state index in [1.54, 1.807) is 42.7 Å². The lowest BCUT2D eigenvalue weighted by molar-refractivity contribution is -0.123. The maximum atomic E-state index is 12.4. The summed E-state index contributed by atoms with van der Waals surface area (Å²) in [5, 5.41) is 6.93. The number of carbonyl (C=O) groups is 2. The second-order valence-electron chi connectivity index (χ2n) is 5.70. The fourth-order valence-electron chi connectivity index (χ4n) is 2.09. The van der Waals surface area contributed by atoms with E-state index in [1.165, 1.54) is 6.21 Å². The SMILES string of the molecule is CC(C)C(NC(=O)c1ccccc1Cl)C(=O)NN=Cc1cccnc1. The zero-order chi connectivity index (χ0) is 18.2. The van der Waals surface area contributed by atoms with Crippen LogP contribution in [0.3, 0.4) is 0 Å². The molecule has 130 valence electrons. The van der Waals surface area contributed by atoms with Gasteiger partial charge in [-0.3, -0.25) is 14.6 Å². The second-order valence-corrected chi connectivity index (χ2v) is 6.10. The number of nitrogens with one attached hydrogen (secondary N) is 2. The van der Waals surface area contributed by atoms with Crippen molar-refractivity contribution in [1.29, 1.82) is 0 Å². The molecule has 1 heterocycles. The van der Waals surface area contributed by atoms with Crippen LogP contribution in [0.25, 0.3) is 0 Å². The van der Waals surface area contributed by atoms with E-state index < -0.39 is 17.9 Å². The van der Waals surface area contributed by atoms with Crippen LogP contribution in [-0.4, -0.2) is 29.1 Å². The van der Waals surface area contributed by atoms with Gasteiger partial charge in [0.2, 0.25) is 0 Å². The number of nitrogens with zero attached hydrogens (tertiary/aromatic N) is 2. The number of pyridine rings is 1. The van der Waals surface area contributed by atoms with Gasteiger partial charge in [-0.25, -0.2) is 5.43 Å². The van der Waals surface area contributed by atoms with Gasteiger partial charge < -0.3 is 5.32 Å². The van der Waals surface area contributed by atoms with Crippen molar-refractivity contribution >= 4 is 29.6 Å². The van der Waals surface area contributed by atoms with Gasteiger partial charge in [-0.05, 0) is 24.1 Å². The van der Waals surface area contributed by atoms with E-state index >= 15 is 0 Å². The summed E-state index contributed by atoms with van der Waals surface area (Å²) in [6.45, 7) is 3.67. The number of hydrogen-bond acceptors (Lipinski definition) is 4. The Bertz CT molecular complexity index is 763. The summed E-state index contributed by atoms with van der Waals surface area (Å²) < 4.78 is 0. The van der Waals surface area contributed by atoms with E-state index in [0.29, 0.717) is 10.6 Å². The van der Waals surface area contributed by atoms with Crippen molar-refractivity contribution in [3.63, 3.8) is 0 Å². The molecule has 2 amide bonds. The zero-order valence-corrected chi connectivity index (χ0v) is 14.7. The highest BCUT2D eigenvalue weighted by Gasteiger charge is 2.25. The van der Waals surface area contributed by atoms with E-state index in [1.807, 2.05) is 19.9 Å². The Morgan fingerprint density at radius 3 is 2.60 bits per heavy atom. The third-order valence-corrected chi connectivity index (χ3v) is 3.76. The number of aromatic nitrogens is 1. The van der Waals surface area contributed by atoms with Gasteiger partial charge in [0, 0.05) is 18.0 Å². The monoisotopic (exact) mass is 358 g/mol. The average Bonchev–Trinajstić information content (AvgIpc) is 2.60. The van der Waals surface area contributed by atoms with Crippen molar-refractivity contribution < 1.29 is 9.59 Å². The Kier molecular flexibility index (Phi) is 6.65. The van der Waals surface area contributed by atoms with E-state index in [4.69, 9.17) is 11.6 Å². The zero-order valence-electron chi connectivity index (χ0n) is 13.9. The minimum absolute atomic E-state index is 0.125. The predicted molar refractivity (Wildman–Crippen MR) is 97.5 cm³/mol. The summed E-state index contributed by atoms with van der Waals surface area (Å²) in [6, 6.07) is 9.51. The van der Waals surface area contributed by atoms with Crippen molar-refractivity contribution in [3.05, 3.63) is 64.9 Å². The van der Waals surface area contributed by atoms with Crippen LogP contribution in [0, 0.1) is 5.92 Å². The number of hydrogen-bond donors (Lipinski definition) is 2. The minimum Gasteiger partial charge on any atom is -0.340 e. The van der Waals surface area contributed by atoms with E-state index in [-0.39, 0.29) is 5.92 Å². The minimum atomic E-state index is -0.741. The van der Waals surface area contributed by atoms with Crippen LogP contribution in [0.5, 0.6) is 0 Å². The molecule has 7 heteroatoms. The molecule has 0 spiro atoms. The molecule has 0 saturated carbocycles. The van der Waals surface area contributed by atoms with Crippen LogP contribution in [-0.2, 0) is 4.79 Å². The fraction of sp³-hybridized carbons (Fsp3) is 0.222. The van der Waals surface area contributed by atoms with E-state index in [9.17, 15) is 9.59 Å². The second kappa shape index (κ2) is 8.94. The summed E-state index contributed by atoms with van der Waals surface area (Å²) in [7, 11) is 0. The molecule has 1 unspecified atom stereocenters. The van der Waals surface area contributed by atoms with Gasteiger partial charge in [-0.1, -0.05) is 43.6 Å². The van der Waals surface area contributed by atoms with Crippen molar-refractivity contribution in [1.82, 2.24) is 15.7 Å². The van der Waals surface area contributed by atoms with E-state index in [0.717, 1.165) is 5.56 Å². The smallest absolute Gasteiger partial charge is 0.262 e. The number of carbonyl (C=O) groups excluding carboxylic acids is 2. The van der Waals surface area contributed by atoms with Gasteiger partial charge in [-0.2, -0.15) is 5.10 Å². The number of hydrazone groups is 1. The normalized spacial score (nSPS) is 12.2. The molecule has 2 aromatic rings. The van der Waals surface area contributed by atoms with E-state index in [2.05, 4.69) is 20.8 Å². The van der Waals surface area contributed by atoms with Gasteiger partial charge in [0.15, 0.2) is 0 Å². The lowest BCUT2D eigenvalue weighted by atomic mass is 10.0. The van der Waals surface area contributed by atoms with Crippen molar-refractivity contribution in [2.45, 2.75) is 19.9 Å². The fourth-order valence-corrected chi connectivity index (χ4v) is 2.31. The summed E-state index contributed by atoms with van der Waals surface area (Å²) in [5.74, 6) is -0.939. The van der Waals surface area contributed by atoms with Crippen molar-refractivity contribution in [3.8, 4) is 0 Å². The molecule has 1 atom stereocenters. The lowest BCUT2D eigenvalue weighted by Gasteiger charge is -2.20. The molecule has 0 saturated heterocycles. The van der Waals surface area contributed by atoms with Crippen molar-refractivity contribution in [2.24, 2.45) is 11.0 Å². The summed E-state index contributed by atoms with van der Waals surface area (Å²) in [4.78, 5) is 28.6. The highest BCUT2D eigenvalue weighted by Crippen LogP contribution is 2.15. The van der Waals surface area contributed by atoms with Gasteiger partial charge in [0.1, 0.15) is 6.04 Å². The van der Waals surface area contributed by atoms with Crippen LogP contribution in [0.15, 0.2) is 53.9 Å². The van der Waals surface area contributed by atoms with Gasteiger partial charge in [0.05, 0.1) is 16.8 Å². The molecule has 1 aromatic carbocycles. The molecular weight excluding hydrogens is 340 g/mol. The molecule has 2 rings (SSSR count). The highest BCUT2D eigenvalue weighted by atomic mass is 35.5. The number of amides is 2.